The van der Waals surface area contributed by atoms with Crippen LogP contribution in [0, 0.1) is 0 Å². The van der Waals surface area contributed by atoms with Gasteiger partial charge in [0.05, 0.1) is 5.01 Å². The van der Waals surface area contributed by atoms with E-state index < -0.39 is 5.60 Å². The van der Waals surface area contributed by atoms with Gasteiger partial charge in [0.15, 0.2) is 5.96 Å². The first-order valence-electron chi connectivity index (χ1n) is 10.4. The van der Waals surface area contributed by atoms with Crippen LogP contribution in [0.25, 0.3) is 0 Å². The number of hydrogen-bond donors (Lipinski definition) is 2. The number of aromatic nitrogens is 1. The SMILES string of the molecule is CCc1cnc(CCNC(=NC)NCCN2CCN(C(=O)OC(C)(C)C)CC2)s1.I. The number of amides is 1. The molecule has 2 rings (SSSR count). The van der Waals surface area contributed by atoms with Gasteiger partial charge in [-0.15, -0.1) is 35.3 Å². The zero-order valence-electron chi connectivity index (χ0n) is 18.9. The van der Waals surface area contributed by atoms with Gasteiger partial charge < -0.3 is 20.3 Å². The molecular weight excluding hydrogens is 515 g/mol. The highest BCUT2D eigenvalue weighted by Gasteiger charge is 2.25. The molecule has 0 aliphatic carbocycles. The minimum atomic E-state index is -0.446. The van der Waals surface area contributed by atoms with E-state index in [1.165, 1.54) is 4.88 Å². The third kappa shape index (κ3) is 9.78. The van der Waals surface area contributed by atoms with Crippen LogP contribution < -0.4 is 10.6 Å². The van der Waals surface area contributed by atoms with E-state index in [9.17, 15) is 4.79 Å². The van der Waals surface area contributed by atoms with Crippen molar-refractivity contribution in [3.8, 4) is 0 Å². The Hall–Kier alpha value is -1.14. The molecule has 1 aromatic rings. The van der Waals surface area contributed by atoms with Crippen molar-refractivity contribution in [2.75, 3.05) is 52.9 Å². The second kappa shape index (κ2) is 13.3. The Labute approximate surface area is 201 Å². The quantitative estimate of drug-likeness (QED) is 0.308. The van der Waals surface area contributed by atoms with Crippen molar-refractivity contribution in [3.05, 3.63) is 16.1 Å². The summed E-state index contributed by atoms with van der Waals surface area (Å²) in [5.41, 5.74) is -0.446. The van der Waals surface area contributed by atoms with Gasteiger partial charge >= 0.3 is 6.09 Å². The molecule has 2 heterocycles. The molecule has 1 fully saturated rings. The molecule has 0 bridgehead atoms. The second-order valence-corrected chi connectivity index (χ2v) is 9.26. The Morgan fingerprint density at radius 1 is 1.23 bits per heavy atom. The number of guanidine groups is 1. The van der Waals surface area contributed by atoms with Gasteiger partial charge in [-0.1, -0.05) is 6.92 Å². The molecule has 0 saturated carbocycles. The third-order valence-electron chi connectivity index (χ3n) is 4.55. The molecule has 0 atom stereocenters. The molecule has 0 unspecified atom stereocenters. The summed E-state index contributed by atoms with van der Waals surface area (Å²) in [6.07, 6.45) is 3.69. The molecule has 2 N–H and O–H groups in total. The topological polar surface area (TPSA) is 82.1 Å². The van der Waals surface area contributed by atoms with Crippen LogP contribution >= 0.6 is 35.3 Å². The fourth-order valence-corrected chi connectivity index (χ4v) is 3.81. The van der Waals surface area contributed by atoms with Gasteiger partial charge in [-0.25, -0.2) is 9.78 Å². The fraction of sp³-hybridized carbons (Fsp3) is 0.750. The molecular formula is C20H37IN6O2S. The predicted molar refractivity (Wildman–Crippen MR) is 134 cm³/mol. The number of aryl methyl sites for hydroxylation is 1. The number of halogens is 1. The molecule has 1 aromatic heterocycles. The molecule has 10 heteroatoms. The summed E-state index contributed by atoms with van der Waals surface area (Å²) in [4.78, 5) is 26.3. The molecule has 172 valence electrons. The Bertz CT molecular complexity index is 668. The summed E-state index contributed by atoms with van der Waals surface area (Å²) in [5.74, 6) is 0.810. The van der Waals surface area contributed by atoms with E-state index in [1.54, 1.807) is 23.3 Å². The summed E-state index contributed by atoms with van der Waals surface area (Å²) in [5, 5.41) is 7.86. The molecule has 30 heavy (non-hydrogen) atoms. The van der Waals surface area contributed by atoms with Gasteiger partial charge in [-0.2, -0.15) is 0 Å². The minimum absolute atomic E-state index is 0. The van der Waals surface area contributed by atoms with Crippen LogP contribution in [0.15, 0.2) is 11.2 Å². The smallest absolute Gasteiger partial charge is 0.410 e. The number of carbonyl (C=O) groups excluding carboxylic acids is 1. The van der Waals surface area contributed by atoms with Crippen LogP contribution in [-0.2, 0) is 17.6 Å². The van der Waals surface area contributed by atoms with E-state index in [0.717, 1.165) is 56.5 Å². The van der Waals surface area contributed by atoms with Crippen LogP contribution in [0.2, 0.25) is 0 Å². The number of rotatable bonds is 7. The Morgan fingerprint density at radius 3 is 2.47 bits per heavy atom. The predicted octanol–water partition coefficient (Wildman–Crippen LogP) is 2.58. The normalized spacial score (nSPS) is 15.5. The average molecular weight is 553 g/mol. The lowest BCUT2D eigenvalue weighted by Crippen LogP contribution is -2.51. The summed E-state index contributed by atoms with van der Waals surface area (Å²) in [6.45, 7) is 13.5. The minimum Gasteiger partial charge on any atom is -0.444 e. The van der Waals surface area contributed by atoms with Gasteiger partial charge in [0, 0.05) is 70.4 Å². The van der Waals surface area contributed by atoms with Crippen molar-refractivity contribution in [1.82, 2.24) is 25.4 Å². The molecule has 1 aliphatic heterocycles. The molecule has 0 spiro atoms. The van der Waals surface area contributed by atoms with Crippen molar-refractivity contribution in [3.63, 3.8) is 0 Å². The standard InChI is InChI=1S/C20H36N6O2S.HI/c1-6-16-15-24-17(29-16)7-8-22-18(21-5)23-9-10-25-11-13-26(14-12-25)19(27)28-20(2,3)4;/h15H,6-14H2,1-5H3,(H2,21,22,23);1H. The number of nitrogens with one attached hydrogen (secondary N) is 2. The van der Waals surface area contributed by atoms with Crippen LogP contribution in [0.1, 0.15) is 37.6 Å². The number of piperazine rings is 1. The van der Waals surface area contributed by atoms with Gasteiger partial charge in [0.1, 0.15) is 5.60 Å². The lowest BCUT2D eigenvalue weighted by molar-refractivity contribution is 0.0147. The summed E-state index contributed by atoms with van der Waals surface area (Å²) >= 11 is 1.78. The van der Waals surface area contributed by atoms with Crippen LogP contribution in [0.5, 0.6) is 0 Å². The fourth-order valence-electron chi connectivity index (χ4n) is 2.95. The first-order chi connectivity index (χ1) is 13.8. The van der Waals surface area contributed by atoms with Gasteiger partial charge in [0.2, 0.25) is 0 Å². The van der Waals surface area contributed by atoms with Crippen LogP contribution in [0.4, 0.5) is 4.79 Å². The lowest BCUT2D eigenvalue weighted by atomic mass is 10.2. The highest BCUT2D eigenvalue weighted by atomic mass is 127. The Kier molecular flexibility index (Phi) is 11.9. The average Bonchev–Trinajstić information content (AvgIpc) is 3.14. The number of aliphatic imine (C=N–C) groups is 1. The molecule has 1 amide bonds. The number of carbonyl (C=O) groups is 1. The Balaban J connectivity index is 0.00000450. The molecule has 8 nitrogen and oxygen atoms in total. The van der Waals surface area contributed by atoms with E-state index >= 15 is 0 Å². The highest BCUT2D eigenvalue weighted by Crippen LogP contribution is 2.13. The van der Waals surface area contributed by atoms with Gasteiger partial charge in [-0.3, -0.25) is 9.89 Å². The first kappa shape index (κ1) is 26.9. The number of hydrogen-bond acceptors (Lipinski definition) is 6. The maximum Gasteiger partial charge on any atom is 0.410 e. The molecule has 0 aromatic carbocycles. The van der Waals surface area contributed by atoms with Gasteiger partial charge in [-0.05, 0) is 27.2 Å². The first-order valence-corrected chi connectivity index (χ1v) is 11.2. The summed E-state index contributed by atoms with van der Waals surface area (Å²) in [7, 11) is 1.79. The van der Waals surface area contributed by atoms with Crippen molar-refractivity contribution in [2.45, 2.75) is 46.1 Å². The molecule has 1 aliphatic rings. The maximum atomic E-state index is 12.1. The van der Waals surface area contributed by atoms with E-state index in [1.807, 2.05) is 27.0 Å². The largest absolute Gasteiger partial charge is 0.444 e. The third-order valence-corrected chi connectivity index (χ3v) is 5.75. The van der Waals surface area contributed by atoms with E-state index in [2.05, 4.69) is 32.4 Å². The van der Waals surface area contributed by atoms with Crippen molar-refractivity contribution < 1.29 is 9.53 Å². The van der Waals surface area contributed by atoms with E-state index in [4.69, 9.17) is 4.74 Å². The monoisotopic (exact) mass is 552 g/mol. The van der Waals surface area contributed by atoms with E-state index in [0.29, 0.717) is 13.1 Å². The maximum absolute atomic E-state index is 12.1. The summed E-state index contributed by atoms with van der Waals surface area (Å²) in [6, 6.07) is 0. The lowest BCUT2D eigenvalue weighted by Gasteiger charge is -2.35. The molecule has 0 radical (unpaired) electrons. The number of nitrogens with zero attached hydrogens (tertiary/aromatic N) is 4. The second-order valence-electron chi connectivity index (χ2n) is 8.06. The zero-order chi connectivity index (χ0) is 21.3. The molecule has 1 saturated heterocycles. The number of ether oxygens (including phenoxy) is 1. The van der Waals surface area contributed by atoms with Crippen molar-refractivity contribution >= 4 is 47.4 Å². The van der Waals surface area contributed by atoms with Crippen molar-refractivity contribution in [2.24, 2.45) is 4.99 Å². The Morgan fingerprint density at radius 2 is 1.90 bits per heavy atom. The van der Waals surface area contributed by atoms with Crippen LogP contribution in [-0.4, -0.2) is 85.3 Å². The zero-order valence-corrected chi connectivity index (χ0v) is 22.0. The van der Waals surface area contributed by atoms with Crippen molar-refractivity contribution in [1.29, 1.82) is 0 Å². The van der Waals surface area contributed by atoms with Crippen LogP contribution in [0.3, 0.4) is 0 Å². The van der Waals surface area contributed by atoms with E-state index in [-0.39, 0.29) is 30.1 Å². The number of thiazole rings is 1. The summed E-state index contributed by atoms with van der Waals surface area (Å²) < 4.78 is 5.45. The van der Waals surface area contributed by atoms with Gasteiger partial charge in [0.25, 0.3) is 0 Å². The highest BCUT2D eigenvalue weighted by molar-refractivity contribution is 14.0.